The minimum atomic E-state index is -0.965. The van der Waals surface area contributed by atoms with E-state index in [1.807, 2.05) is 0 Å². The van der Waals surface area contributed by atoms with Gasteiger partial charge >= 0.3 is 26.2 Å². The summed E-state index contributed by atoms with van der Waals surface area (Å²) in [5.41, 5.74) is 16.2. The van der Waals surface area contributed by atoms with Crippen molar-refractivity contribution in [3.05, 3.63) is 241 Å². The second-order valence-corrected chi connectivity index (χ2v) is 23.1. The van der Waals surface area contributed by atoms with Crippen molar-refractivity contribution < 1.29 is 26.2 Å². The summed E-state index contributed by atoms with van der Waals surface area (Å²) < 4.78 is 0. The molecule has 0 unspecified atom stereocenters. The van der Waals surface area contributed by atoms with Crippen molar-refractivity contribution in [2.75, 3.05) is 0 Å². The summed E-state index contributed by atoms with van der Waals surface area (Å²) >= 11 is 0. The Morgan fingerprint density at radius 2 is 0.464 bits per heavy atom. The Hall–Kier alpha value is -6.48. The molecule has 12 rings (SSSR count). The Labute approximate surface area is 430 Å². The molecule has 0 bridgehead atoms. The smallest absolute Gasteiger partial charge is 0.165 e. The summed E-state index contributed by atoms with van der Waals surface area (Å²) in [5, 5.41) is 17.4. The van der Waals surface area contributed by atoms with Gasteiger partial charge in [0.15, 0.2) is 0 Å². The zero-order valence-corrected chi connectivity index (χ0v) is 44.7. The number of hydrogen-bond acceptors (Lipinski definition) is 0. The van der Waals surface area contributed by atoms with Crippen LogP contribution in [0.4, 0.5) is 0 Å². The van der Waals surface area contributed by atoms with E-state index < -0.39 is 17.6 Å². The van der Waals surface area contributed by atoms with E-state index >= 15 is 0 Å². The topological polar surface area (TPSA) is 0 Å². The van der Waals surface area contributed by atoms with Gasteiger partial charge in [0.05, 0.1) is 0 Å². The maximum Gasteiger partial charge on any atom is 4.00 e. The van der Waals surface area contributed by atoms with Crippen LogP contribution >= 0.6 is 0 Å². The molecule has 0 aliphatic heterocycles. The van der Waals surface area contributed by atoms with E-state index in [9.17, 15) is 0 Å². The van der Waals surface area contributed by atoms with E-state index in [2.05, 4.69) is 259 Å². The van der Waals surface area contributed by atoms with Gasteiger partial charge < -0.3 is 0 Å². The van der Waals surface area contributed by atoms with Crippen LogP contribution in [-0.4, -0.2) is 17.6 Å². The molecule has 0 aliphatic rings. The first-order valence-corrected chi connectivity index (χ1v) is 27.9. The van der Waals surface area contributed by atoms with Crippen molar-refractivity contribution in [3.8, 4) is 44.5 Å². The van der Waals surface area contributed by atoms with Crippen LogP contribution in [0, 0.1) is 27.7 Å². The van der Waals surface area contributed by atoms with Crippen LogP contribution in [0.25, 0.3) is 87.6 Å². The molecule has 3 heteroatoms. The molecule has 0 aliphatic carbocycles. The first-order chi connectivity index (χ1) is 33.3. The van der Waals surface area contributed by atoms with E-state index in [-0.39, 0.29) is 26.2 Å². The number of rotatable bonds is 8. The van der Waals surface area contributed by atoms with Crippen molar-refractivity contribution in [2.24, 2.45) is 0 Å². The molecule has 0 heterocycles. The van der Waals surface area contributed by atoms with Gasteiger partial charge in [-0.1, -0.05) is 209 Å². The van der Waals surface area contributed by atoms with Gasteiger partial charge in [0.1, 0.15) is 0 Å². The minimum Gasteiger partial charge on any atom is -0.165 e. The standard InChI is InChI=1S/2C33H27Si.Zr/c2*1-22-20-30-26(24-12-6-4-7-13-24)16-10-18-28(30)32(22)34(3)33-23(2)21-31-27(17-11-19-29(31)33)25-14-8-5-9-15-25;/h2*4-21H,1-3H3;/q2*-2;+4. The molecule has 12 aromatic carbocycles. The second-order valence-electron chi connectivity index (χ2n) is 18.6. The molecule has 330 valence electrons. The summed E-state index contributed by atoms with van der Waals surface area (Å²) in [6.45, 7) is 14.2. The third-order valence-electron chi connectivity index (χ3n) is 14.4. The number of hydrogen-bond donors (Lipinski definition) is 0. The van der Waals surface area contributed by atoms with Gasteiger partial charge in [-0.2, -0.15) is 24.3 Å². The molecule has 0 nitrogen and oxygen atoms in total. The first kappa shape index (κ1) is 46.3. The van der Waals surface area contributed by atoms with Crippen LogP contribution < -0.4 is 20.7 Å². The number of fused-ring (bicyclic) bond motifs is 4. The predicted molar refractivity (Wildman–Crippen MR) is 301 cm³/mol. The van der Waals surface area contributed by atoms with E-state index in [1.54, 1.807) is 20.7 Å². The molecule has 0 saturated heterocycles. The molecule has 0 aromatic heterocycles. The molecule has 0 fully saturated rings. The molecule has 69 heavy (non-hydrogen) atoms. The third-order valence-corrected chi connectivity index (χ3v) is 20.0. The van der Waals surface area contributed by atoms with Crippen molar-refractivity contribution in [2.45, 2.75) is 40.8 Å². The van der Waals surface area contributed by atoms with Gasteiger partial charge in [-0.15, -0.1) is 135 Å². The molecule has 0 atom stereocenters. The van der Waals surface area contributed by atoms with Gasteiger partial charge in [0.25, 0.3) is 0 Å². The van der Waals surface area contributed by atoms with Crippen molar-refractivity contribution >= 4 is 81.4 Å². The van der Waals surface area contributed by atoms with Crippen LogP contribution in [0.3, 0.4) is 0 Å². The summed E-state index contributed by atoms with van der Waals surface area (Å²) in [6.07, 6.45) is 0. The average Bonchev–Trinajstić information content (AvgIpc) is 4.12. The predicted octanol–water partition coefficient (Wildman–Crippen LogP) is 15.2. The molecular weight excluding hydrogens is 940 g/mol. The third kappa shape index (κ3) is 8.35. The van der Waals surface area contributed by atoms with E-state index in [0.717, 1.165) is 0 Å². The van der Waals surface area contributed by atoms with Gasteiger partial charge in [-0.3, -0.25) is 0 Å². The molecule has 12 aromatic rings. The quantitative estimate of drug-likeness (QED) is 0.105. The van der Waals surface area contributed by atoms with E-state index in [4.69, 9.17) is 0 Å². The van der Waals surface area contributed by atoms with Crippen molar-refractivity contribution in [1.29, 1.82) is 0 Å². The minimum absolute atomic E-state index is 0. The van der Waals surface area contributed by atoms with E-state index in [1.165, 1.54) is 110 Å². The summed E-state index contributed by atoms with van der Waals surface area (Å²) in [6, 6.07) is 80.0. The zero-order valence-electron chi connectivity index (χ0n) is 40.3. The monoisotopic (exact) mass is 992 g/mol. The fourth-order valence-electron chi connectivity index (χ4n) is 11.5. The van der Waals surface area contributed by atoms with Gasteiger partial charge in [-0.25, -0.2) is 0 Å². The Kier molecular flexibility index (Phi) is 13.1. The first-order valence-electron chi connectivity index (χ1n) is 23.9. The molecule has 2 radical (unpaired) electrons. The van der Waals surface area contributed by atoms with E-state index in [0.29, 0.717) is 0 Å². The molecule has 0 amide bonds. The van der Waals surface area contributed by atoms with Gasteiger partial charge in [0, 0.05) is 17.6 Å². The van der Waals surface area contributed by atoms with Crippen LogP contribution in [0.2, 0.25) is 13.1 Å². The molecule has 0 spiro atoms. The Bertz CT molecular complexity index is 3240. The van der Waals surface area contributed by atoms with Crippen molar-refractivity contribution in [3.63, 3.8) is 0 Å². The molecule has 0 saturated carbocycles. The average molecular weight is 995 g/mol. The van der Waals surface area contributed by atoms with Gasteiger partial charge in [0.2, 0.25) is 0 Å². The number of benzene rings is 8. The Morgan fingerprint density at radius 3 is 0.667 bits per heavy atom. The largest absolute Gasteiger partial charge is 4.00 e. The summed E-state index contributed by atoms with van der Waals surface area (Å²) in [5.74, 6) is 0. The number of aryl methyl sites for hydroxylation is 4. The normalized spacial score (nSPS) is 11.5. The van der Waals surface area contributed by atoms with Crippen LogP contribution in [0.1, 0.15) is 22.3 Å². The SMILES string of the molecule is Cc1cc2c(-c3ccccc3)cccc2[c-]1[Si](C)[c-]1c(C)cc2c(-c3ccccc3)cccc21.Cc1cc2c(-c3ccccc3)cccc2[c-]1[Si](C)[c-]1c(C)cc2c(-c3ccccc3)cccc21.[Zr+4]. The Balaban J connectivity index is 0.000000158. The fraction of sp³-hybridized carbons (Fsp3) is 0.0909. The molecular formula is C66H54Si2Zr. The zero-order chi connectivity index (χ0) is 46.5. The summed E-state index contributed by atoms with van der Waals surface area (Å²) in [7, 11) is -1.93. The Morgan fingerprint density at radius 1 is 0.261 bits per heavy atom. The second kappa shape index (κ2) is 19.5. The molecule has 0 N–H and O–H groups in total. The van der Waals surface area contributed by atoms with Crippen LogP contribution in [-0.2, 0) is 26.2 Å². The fourth-order valence-corrected chi connectivity index (χ4v) is 17.1. The van der Waals surface area contributed by atoms with Crippen molar-refractivity contribution in [1.82, 2.24) is 0 Å². The van der Waals surface area contributed by atoms with Crippen LogP contribution in [0.5, 0.6) is 0 Å². The maximum absolute atomic E-state index is 2.48. The van der Waals surface area contributed by atoms with Crippen LogP contribution in [0.15, 0.2) is 218 Å². The maximum atomic E-state index is 2.48. The van der Waals surface area contributed by atoms with Gasteiger partial charge in [-0.05, 0) is 22.3 Å². The summed E-state index contributed by atoms with van der Waals surface area (Å²) in [4.78, 5) is 0.